The summed E-state index contributed by atoms with van der Waals surface area (Å²) in [6.07, 6.45) is 0. The second-order valence-corrected chi connectivity index (χ2v) is 6.29. The molecule has 2 heterocycles. The quantitative estimate of drug-likeness (QED) is 0.731. The number of methoxy groups -OCH3 is 1. The van der Waals surface area contributed by atoms with Crippen molar-refractivity contribution in [2.45, 2.75) is 13.5 Å². The van der Waals surface area contributed by atoms with Gasteiger partial charge in [0, 0.05) is 32.7 Å². The molecule has 0 spiro atoms. The highest BCUT2D eigenvalue weighted by atomic mass is 16.5. The average Bonchev–Trinajstić information content (AvgIpc) is 3.06. The number of piperazine rings is 1. The number of hydrogen-bond donors (Lipinski definition) is 0. The summed E-state index contributed by atoms with van der Waals surface area (Å²) < 4.78 is 7.83. The summed E-state index contributed by atoms with van der Waals surface area (Å²) in [7, 11) is 1.73. The highest BCUT2D eigenvalue weighted by Gasteiger charge is 2.23. The molecule has 0 aliphatic carbocycles. The number of aryl methyl sites for hydroxylation is 1. The molecule has 25 heavy (non-hydrogen) atoms. The number of rotatable bonds is 4. The number of ether oxygens (including phenoxy) is 1. The molecule has 0 N–H and O–H groups in total. The molecule has 1 fully saturated rings. The summed E-state index contributed by atoms with van der Waals surface area (Å²) in [5.41, 5.74) is 3.47. The van der Waals surface area contributed by atoms with E-state index in [0.29, 0.717) is 0 Å². The molecule has 0 atom stereocenters. The Morgan fingerprint density at radius 3 is 2.36 bits per heavy atom. The minimum atomic E-state index is 0.933. The van der Waals surface area contributed by atoms with Gasteiger partial charge in [-0.25, -0.2) is 4.98 Å². The Bertz CT molecular complexity index is 865. The summed E-state index contributed by atoms with van der Waals surface area (Å²) in [5.74, 6) is 2.03. The molecule has 1 saturated heterocycles. The van der Waals surface area contributed by atoms with Crippen molar-refractivity contribution < 1.29 is 4.74 Å². The molecule has 2 aromatic carbocycles. The number of hydrogen-bond acceptors (Lipinski definition) is 4. The molecule has 1 aliphatic rings. The van der Waals surface area contributed by atoms with Crippen LogP contribution >= 0.6 is 0 Å². The Morgan fingerprint density at radius 1 is 0.920 bits per heavy atom. The van der Waals surface area contributed by atoms with E-state index in [1.165, 1.54) is 11.2 Å². The van der Waals surface area contributed by atoms with Crippen LogP contribution < -0.4 is 14.5 Å². The molecule has 130 valence electrons. The Hall–Kier alpha value is -2.69. The molecule has 0 bridgehead atoms. The second-order valence-electron chi connectivity index (χ2n) is 6.29. The summed E-state index contributed by atoms with van der Waals surface area (Å²) in [5, 5.41) is 0. The van der Waals surface area contributed by atoms with Gasteiger partial charge in [0.1, 0.15) is 5.75 Å². The smallest absolute Gasteiger partial charge is 0.206 e. The van der Waals surface area contributed by atoms with Crippen molar-refractivity contribution in [3.8, 4) is 5.75 Å². The van der Waals surface area contributed by atoms with E-state index in [2.05, 4.69) is 57.7 Å². The molecule has 5 heteroatoms. The maximum Gasteiger partial charge on any atom is 0.206 e. The van der Waals surface area contributed by atoms with Gasteiger partial charge in [0.2, 0.25) is 5.95 Å². The highest BCUT2D eigenvalue weighted by molar-refractivity contribution is 5.79. The van der Waals surface area contributed by atoms with Gasteiger partial charge in [-0.2, -0.15) is 0 Å². The molecular formula is C20H24N4O. The van der Waals surface area contributed by atoms with Crippen LogP contribution in [0.2, 0.25) is 0 Å². The van der Waals surface area contributed by atoms with E-state index in [-0.39, 0.29) is 0 Å². The van der Waals surface area contributed by atoms with E-state index < -0.39 is 0 Å². The minimum absolute atomic E-state index is 0.933. The predicted molar refractivity (Wildman–Crippen MR) is 103 cm³/mol. The highest BCUT2D eigenvalue weighted by Crippen LogP contribution is 2.30. The number of aromatic nitrogens is 2. The van der Waals surface area contributed by atoms with Crippen molar-refractivity contribution in [1.82, 2.24) is 9.55 Å². The fourth-order valence-corrected chi connectivity index (χ4v) is 3.65. The normalized spacial score (nSPS) is 15.0. The molecule has 5 nitrogen and oxygen atoms in total. The fourth-order valence-electron chi connectivity index (χ4n) is 3.65. The van der Waals surface area contributed by atoms with Crippen molar-refractivity contribution in [3.63, 3.8) is 0 Å². The van der Waals surface area contributed by atoms with Crippen molar-refractivity contribution in [1.29, 1.82) is 0 Å². The monoisotopic (exact) mass is 336 g/mol. The molecular weight excluding hydrogens is 312 g/mol. The van der Waals surface area contributed by atoms with E-state index in [9.17, 15) is 0 Å². The Kier molecular flexibility index (Phi) is 4.22. The lowest BCUT2D eigenvalue weighted by atomic mass is 10.2. The predicted octanol–water partition coefficient (Wildman–Crippen LogP) is 3.39. The van der Waals surface area contributed by atoms with E-state index in [1.54, 1.807) is 7.11 Å². The molecule has 0 unspecified atom stereocenters. The van der Waals surface area contributed by atoms with Gasteiger partial charge in [-0.05, 0) is 31.2 Å². The van der Waals surface area contributed by atoms with Crippen molar-refractivity contribution in [2.24, 2.45) is 0 Å². The molecule has 0 radical (unpaired) electrons. The maximum atomic E-state index is 5.51. The van der Waals surface area contributed by atoms with Crippen LogP contribution in [0.15, 0.2) is 48.5 Å². The average molecular weight is 336 g/mol. The van der Waals surface area contributed by atoms with Gasteiger partial charge < -0.3 is 19.1 Å². The van der Waals surface area contributed by atoms with Gasteiger partial charge >= 0.3 is 0 Å². The Balaban J connectivity index is 1.56. The number of fused-ring (bicyclic) bond motifs is 1. The van der Waals surface area contributed by atoms with E-state index in [4.69, 9.17) is 9.72 Å². The van der Waals surface area contributed by atoms with Crippen molar-refractivity contribution >= 4 is 22.7 Å². The van der Waals surface area contributed by atoms with Crippen LogP contribution in [0, 0.1) is 0 Å². The van der Waals surface area contributed by atoms with Crippen LogP contribution in [0.1, 0.15) is 6.92 Å². The van der Waals surface area contributed by atoms with Gasteiger partial charge in [-0.3, -0.25) is 0 Å². The lowest BCUT2D eigenvalue weighted by Crippen LogP contribution is -2.47. The third-order valence-electron chi connectivity index (χ3n) is 4.94. The van der Waals surface area contributed by atoms with Gasteiger partial charge in [-0.15, -0.1) is 0 Å². The zero-order valence-electron chi connectivity index (χ0n) is 14.9. The Morgan fingerprint density at radius 2 is 1.60 bits per heavy atom. The molecule has 1 aliphatic heterocycles. The first-order chi connectivity index (χ1) is 12.3. The SMILES string of the molecule is CCn1c(N2CCN(c3ccccc3OC)CC2)nc2ccccc21. The maximum absolute atomic E-state index is 5.51. The van der Waals surface area contributed by atoms with Gasteiger partial charge in [0.25, 0.3) is 0 Å². The fraction of sp³-hybridized carbons (Fsp3) is 0.350. The van der Waals surface area contributed by atoms with Gasteiger partial charge in [0.05, 0.1) is 23.8 Å². The summed E-state index contributed by atoms with van der Waals surface area (Å²) in [6.45, 7) is 6.97. The van der Waals surface area contributed by atoms with Crippen molar-refractivity contribution in [3.05, 3.63) is 48.5 Å². The molecule has 1 aromatic heterocycles. The first kappa shape index (κ1) is 15.8. The van der Waals surface area contributed by atoms with Crippen LogP contribution in [-0.4, -0.2) is 42.8 Å². The van der Waals surface area contributed by atoms with Gasteiger partial charge in [-0.1, -0.05) is 24.3 Å². The van der Waals surface area contributed by atoms with Gasteiger partial charge in [0.15, 0.2) is 0 Å². The van der Waals surface area contributed by atoms with Crippen LogP contribution in [0.3, 0.4) is 0 Å². The lowest BCUT2D eigenvalue weighted by molar-refractivity contribution is 0.413. The topological polar surface area (TPSA) is 33.5 Å². The number of benzene rings is 2. The molecule has 0 saturated carbocycles. The summed E-state index contributed by atoms with van der Waals surface area (Å²) in [6, 6.07) is 16.6. The van der Waals surface area contributed by atoms with E-state index in [1.807, 2.05) is 12.1 Å². The first-order valence-electron chi connectivity index (χ1n) is 8.90. The molecule has 3 aromatic rings. The third kappa shape index (κ3) is 2.80. The summed E-state index contributed by atoms with van der Waals surface area (Å²) >= 11 is 0. The van der Waals surface area contributed by atoms with Crippen LogP contribution in [-0.2, 0) is 6.54 Å². The van der Waals surface area contributed by atoms with Crippen LogP contribution in [0.25, 0.3) is 11.0 Å². The number of para-hydroxylation sites is 4. The number of nitrogens with zero attached hydrogens (tertiary/aromatic N) is 4. The van der Waals surface area contributed by atoms with Crippen molar-refractivity contribution in [2.75, 3.05) is 43.1 Å². The minimum Gasteiger partial charge on any atom is -0.495 e. The van der Waals surface area contributed by atoms with E-state index >= 15 is 0 Å². The van der Waals surface area contributed by atoms with Crippen LogP contribution in [0.5, 0.6) is 5.75 Å². The number of imidazole rings is 1. The molecule has 0 amide bonds. The summed E-state index contributed by atoms with van der Waals surface area (Å²) in [4.78, 5) is 9.68. The van der Waals surface area contributed by atoms with E-state index in [0.717, 1.165) is 49.9 Å². The third-order valence-corrected chi connectivity index (χ3v) is 4.94. The molecule has 4 rings (SSSR count). The second kappa shape index (κ2) is 6.67. The standard InChI is InChI=1S/C20H24N4O/c1-3-24-17-9-5-4-8-16(17)21-20(24)23-14-12-22(13-15-23)18-10-6-7-11-19(18)25-2/h4-11H,3,12-15H2,1-2H3. The zero-order chi connectivity index (χ0) is 17.2. The van der Waals surface area contributed by atoms with Crippen LogP contribution in [0.4, 0.5) is 11.6 Å². The Labute approximate surface area is 148 Å². The zero-order valence-corrected chi connectivity index (χ0v) is 14.9. The number of anilines is 2. The first-order valence-corrected chi connectivity index (χ1v) is 8.90. The largest absolute Gasteiger partial charge is 0.495 e. The lowest BCUT2D eigenvalue weighted by Gasteiger charge is -2.37.